The van der Waals surface area contributed by atoms with Crippen LogP contribution in [0.4, 0.5) is 0 Å². The van der Waals surface area contributed by atoms with Gasteiger partial charge in [0.25, 0.3) is 0 Å². The zero-order valence-corrected chi connectivity index (χ0v) is 11.4. The fourth-order valence-electron chi connectivity index (χ4n) is 1.75. The summed E-state index contributed by atoms with van der Waals surface area (Å²) in [7, 11) is 0. The number of nitrogens with two attached hydrogens (primary N) is 1. The maximum Gasteiger partial charge on any atom is 0.231 e. The molecule has 4 nitrogen and oxygen atoms in total. The van der Waals surface area contributed by atoms with E-state index in [0.717, 1.165) is 11.1 Å². The molecule has 0 aliphatic carbocycles. The number of carbonyl (C=O) groups is 1. The molecule has 1 aromatic rings. The van der Waals surface area contributed by atoms with E-state index in [1.54, 1.807) is 0 Å². The minimum Gasteiger partial charge on any atom is -0.384 e. The van der Waals surface area contributed by atoms with Crippen molar-refractivity contribution in [1.82, 2.24) is 4.90 Å². The second-order valence-electron chi connectivity index (χ2n) is 4.58. The number of carbonyl (C=O) groups excluding carboxylic acids is 1. The molecule has 0 aliphatic heterocycles. The molecule has 0 atom stereocenters. The topological polar surface area (TPSA) is 66.6 Å². The van der Waals surface area contributed by atoms with Crippen molar-refractivity contribution in [2.75, 3.05) is 13.2 Å². The summed E-state index contributed by atoms with van der Waals surface area (Å²) < 4.78 is 0. The molecule has 0 aromatic heterocycles. The average Bonchev–Trinajstić information content (AvgIpc) is 2.36. The minimum atomic E-state index is -0.340. The van der Waals surface area contributed by atoms with Crippen molar-refractivity contribution in [3.63, 3.8) is 0 Å². The lowest BCUT2D eigenvalue weighted by molar-refractivity contribution is -0.119. The van der Waals surface area contributed by atoms with Crippen LogP contribution in [0, 0.1) is 11.8 Å². The van der Waals surface area contributed by atoms with Crippen LogP contribution in [0.3, 0.4) is 0 Å². The molecule has 19 heavy (non-hydrogen) atoms. The van der Waals surface area contributed by atoms with Crippen molar-refractivity contribution < 1.29 is 9.90 Å². The number of aliphatic hydroxyl groups excluding tert-OH is 1. The van der Waals surface area contributed by atoms with Gasteiger partial charge in [0.15, 0.2) is 0 Å². The second-order valence-corrected chi connectivity index (χ2v) is 4.58. The van der Waals surface area contributed by atoms with Gasteiger partial charge in [-0.2, -0.15) is 0 Å². The molecule has 0 fully saturated rings. The van der Waals surface area contributed by atoms with E-state index in [-0.39, 0.29) is 25.1 Å². The molecular formula is C15H20N2O2. The lowest BCUT2D eigenvalue weighted by Gasteiger charge is -2.25. The maximum atomic E-state index is 11.1. The second kappa shape index (κ2) is 7.57. The molecule has 0 aliphatic rings. The monoisotopic (exact) mass is 260 g/mol. The first-order valence-corrected chi connectivity index (χ1v) is 6.24. The van der Waals surface area contributed by atoms with Crippen LogP contribution in [0.5, 0.6) is 0 Å². The summed E-state index contributed by atoms with van der Waals surface area (Å²) in [6.45, 7) is 4.70. The summed E-state index contributed by atoms with van der Waals surface area (Å²) in [6, 6.07) is 7.92. The zero-order valence-electron chi connectivity index (χ0n) is 11.4. The molecule has 0 unspecified atom stereocenters. The number of aliphatic hydroxyl groups is 1. The third-order valence-electron chi connectivity index (χ3n) is 2.78. The van der Waals surface area contributed by atoms with Crippen LogP contribution in [0.15, 0.2) is 24.3 Å². The molecular weight excluding hydrogens is 240 g/mol. The summed E-state index contributed by atoms with van der Waals surface area (Å²) in [5.41, 5.74) is 7.16. The fourth-order valence-corrected chi connectivity index (χ4v) is 1.75. The van der Waals surface area contributed by atoms with Gasteiger partial charge in [0.05, 0.1) is 6.54 Å². The number of nitrogens with zero attached hydrogens (tertiary/aromatic N) is 1. The van der Waals surface area contributed by atoms with Crippen LogP contribution in [0.2, 0.25) is 0 Å². The average molecular weight is 260 g/mol. The minimum absolute atomic E-state index is 0.163. The Morgan fingerprint density at radius 2 is 2.11 bits per heavy atom. The maximum absolute atomic E-state index is 11.1. The summed E-state index contributed by atoms with van der Waals surface area (Å²) >= 11 is 0. The van der Waals surface area contributed by atoms with Crippen LogP contribution in [0.25, 0.3) is 0 Å². The van der Waals surface area contributed by atoms with Gasteiger partial charge in [-0.05, 0) is 25.5 Å². The number of amides is 1. The van der Waals surface area contributed by atoms with Gasteiger partial charge in [0, 0.05) is 18.2 Å². The van der Waals surface area contributed by atoms with Gasteiger partial charge in [0.2, 0.25) is 5.91 Å². The quantitative estimate of drug-likeness (QED) is 0.767. The molecule has 0 saturated heterocycles. The summed E-state index contributed by atoms with van der Waals surface area (Å²) in [5.74, 6) is 5.22. The van der Waals surface area contributed by atoms with Gasteiger partial charge in [-0.15, -0.1) is 0 Å². The van der Waals surface area contributed by atoms with Gasteiger partial charge in [-0.25, -0.2) is 0 Å². The Bertz CT molecular complexity index is 486. The lowest BCUT2D eigenvalue weighted by atomic mass is 10.1. The first-order chi connectivity index (χ1) is 9.04. The van der Waals surface area contributed by atoms with Crippen molar-refractivity contribution >= 4 is 5.91 Å². The van der Waals surface area contributed by atoms with E-state index in [2.05, 4.69) is 11.8 Å². The standard InChI is InChI=1S/C15H20N2O2/c1-12(2)17(11-15(16)19)10-14-7-4-3-6-13(14)8-5-9-18/h3-4,6-7,12,18H,9-11H2,1-2H3,(H2,16,19). The summed E-state index contributed by atoms with van der Waals surface area (Å²) in [5, 5.41) is 8.76. The van der Waals surface area contributed by atoms with E-state index in [1.807, 2.05) is 43.0 Å². The highest BCUT2D eigenvalue weighted by atomic mass is 16.2. The van der Waals surface area contributed by atoms with Crippen molar-refractivity contribution in [2.45, 2.75) is 26.4 Å². The first kappa shape index (κ1) is 15.2. The number of primary amides is 1. The van der Waals surface area contributed by atoms with Crippen LogP contribution in [0.1, 0.15) is 25.0 Å². The highest BCUT2D eigenvalue weighted by Crippen LogP contribution is 2.12. The Hall–Kier alpha value is -1.83. The largest absolute Gasteiger partial charge is 0.384 e. The van der Waals surface area contributed by atoms with E-state index in [9.17, 15) is 4.79 Å². The Morgan fingerprint density at radius 1 is 1.42 bits per heavy atom. The van der Waals surface area contributed by atoms with E-state index in [0.29, 0.717) is 6.54 Å². The Balaban J connectivity index is 2.92. The van der Waals surface area contributed by atoms with E-state index in [4.69, 9.17) is 10.8 Å². The van der Waals surface area contributed by atoms with Gasteiger partial charge in [0.1, 0.15) is 6.61 Å². The van der Waals surface area contributed by atoms with Crippen LogP contribution in [-0.4, -0.2) is 35.1 Å². The smallest absolute Gasteiger partial charge is 0.231 e. The van der Waals surface area contributed by atoms with Crippen molar-refractivity contribution in [3.05, 3.63) is 35.4 Å². The van der Waals surface area contributed by atoms with E-state index < -0.39 is 0 Å². The zero-order chi connectivity index (χ0) is 14.3. The molecule has 102 valence electrons. The van der Waals surface area contributed by atoms with Crippen LogP contribution in [-0.2, 0) is 11.3 Å². The molecule has 0 bridgehead atoms. The Kier molecular flexibility index (Phi) is 6.07. The molecule has 1 aromatic carbocycles. The predicted molar refractivity (Wildman–Crippen MR) is 75.1 cm³/mol. The molecule has 1 rings (SSSR count). The van der Waals surface area contributed by atoms with Gasteiger partial charge in [-0.1, -0.05) is 30.0 Å². The van der Waals surface area contributed by atoms with Crippen molar-refractivity contribution in [3.8, 4) is 11.8 Å². The van der Waals surface area contributed by atoms with Crippen LogP contribution >= 0.6 is 0 Å². The number of hydrogen-bond acceptors (Lipinski definition) is 3. The molecule has 4 heteroatoms. The lowest BCUT2D eigenvalue weighted by Crippen LogP contribution is -2.38. The summed E-state index contributed by atoms with van der Waals surface area (Å²) in [4.78, 5) is 13.1. The highest BCUT2D eigenvalue weighted by Gasteiger charge is 2.13. The molecule has 0 radical (unpaired) electrons. The normalized spacial score (nSPS) is 10.4. The van der Waals surface area contributed by atoms with Gasteiger partial charge >= 0.3 is 0 Å². The van der Waals surface area contributed by atoms with E-state index >= 15 is 0 Å². The highest BCUT2D eigenvalue weighted by molar-refractivity contribution is 5.76. The molecule has 1 amide bonds. The SMILES string of the molecule is CC(C)N(CC(N)=O)Cc1ccccc1C#CCO. The van der Waals surface area contributed by atoms with Gasteiger partial charge in [-0.3, -0.25) is 9.69 Å². The third-order valence-corrected chi connectivity index (χ3v) is 2.78. The third kappa shape index (κ3) is 5.12. The van der Waals surface area contributed by atoms with Crippen molar-refractivity contribution in [1.29, 1.82) is 0 Å². The molecule has 0 heterocycles. The Morgan fingerprint density at radius 3 is 2.68 bits per heavy atom. The predicted octanol–water partition coefficient (Wildman–Crippen LogP) is 0.726. The summed E-state index contributed by atoms with van der Waals surface area (Å²) in [6.07, 6.45) is 0. The molecule has 3 N–H and O–H groups in total. The fraction of sp³-hybridized carbons (Fsp3) is 0.400. The molecule has 0 spiro atoms. The van der Waals surface area contributed by atoms with Crippen molar-refractivity contribution in [2.24, 2.45) is 5.73 Å². The molecule has 0 saturated carbocycles. The van der Waals surface area contributed by atoms with Gasteiger partial charge < -0.3 is 10.8 Å². The first-order valence-electron chi connectivity index (χ1n) is 6.24. The van der Waals surface area contributed by atoms with Crippen LogP contribution < -0.4 is 5.73 Å². The number of rotatable bonds is 5. The Labute approximate surface area is 114 Å². The van der Waals surface area contributed by atoms with E-state index in [1.165, 1.54) is 0 Å². The number of hydrogen-bond donors (Lipinski definition) is 2. The number of benzene rings is 1.